The number of nitrogens with zero attached hydrogens (tertiary/aromatic N) is 3. The summed E-state index contributed by atoms with van der Waals surface area (Å²) in [6, 6.07) is 1.23. The Balaban J connectivity index is 0.00000338. The molecule has 0 spiro atoms. The molecule has 152 valence electrons. The monoisotopic (exact) mass is 479 g/mol. The molecule has 26 heavy (non-hydrogen) atoms. The number of likely N-dealkylation sites (N-methyl/N-ethyl adjacent to an activating group) is 1. The Kier molecular flexibility index (Phi) is 10.8. The molecule has 1 aliphatic heterocycles. The first-order valence-corrected chi connectivity index (χ1v) is 9.98. The van der Waals surface area contributed by atoms with Crippen molar-refractivity contribution in [3.8, 4) is 0 Å². The van der Waals surface area contributed by atoms with Gasteiger partial charge in [-0.1, -0.05) is 6.92 Å². The number of halogens is 1. The van der Waals surface area contributed by atoms with Gasteiger partial charge in [0.15, 0.2) is 5.96 Å². The van der Waals surface area contributed by atoms with Crippen molar-refractivity contribution in [3.63, 3.8) is 0 Å². The van der Waals surface area contributed by atoms with E-state index in [1.165, 1.54) is 51.6 Å². The first-order valence-electron chi connectivity index (χ1n) is 9.98. The summed E-state index contributed by atoms with van der Waals surface area (Å²) in [6.07, 6.45) is 7.61. The Morgan fingerprint density at radius 3 is 2.27 bits per heavy atom. The van der Waals surface area contributed by atoms with E-state index in [9.17, 15) is 4.79 Å². The van der Waals surface area contributed by atoms with Crippen molar-refractivity contribution < 1.29 is 4.79 Å². The molecule has 7 heteroatoms. The summed E-state index contributed by atoms with van der Waals surface area (Å²) in [5.74, 6) is 1.70. The second kappa shape index (κ2) is 12.0. The molecule has 6 nitrogen and oxygen atoms in total. The van der Waals surface area contributed by atoms with Crippen molar-refractivity contribution in [1.29, 1.82) is 0 Å². The van der Waals surface area contributed by atoms with E-state index in [-0.39, 0.29) is 36.4 Å². The second-order valence-electron chi connectivity index (χ2n) is 7.85. The highest BCUT2D eigenvalue weighted by molar-refractivity contribution is 14.0. The first-order chi connectivity index (χ1) is 12.0. The number of rotatable bonds is 5. The zero-order chi connectivity index (χ0) is 18.2. The van der Waals surface area contributed by atoms with E-state index in [0.717, 1.165) is 24.5 Å². The average Bonchev–Trinajstić information content (AvgIpc) is 2.61. The van der Waals surface area contributed by atoms with Gasteiger partial charge in [-0.25, -0.2) is 4.99 Å². The largest absolute Gasteiger partial charge is 0.357 e. The fourth-order valence-corrected chi connectivity index (χ4v) is 3.78. The molecular formula is C19H38IN5O. The predicted molar refractivity (Wildman–Crippen MR) is 119 cm³/mol. The van der Waals surface area contributed by atoms with Crippen LogP contribution in [0.1, 0.15) is 52.4 Å². The van der Waals surface area contributed by atoms with Crippen molar-refractivity contribution in [2.24, 2.45) is 10.9 Å². The van der Waals surface area contributed by atoms with Gasteiger partial charge in [-0.15, -0.1) is 24.0 Å². The number of piperidine rings is 1. The Morgan fingerprint density at radius 1 is 1.12 bits per heavy atom. The highest BCUT2D eigenvalue weighted by Gasteiger charge is 2.28. The molecule has 2 fully saturated rings. The minimum atomic E-state index is 0. The van der Waals surface area contributed by atoms with Crippen LogP contribution >= 0.6 is 24.0 Å². The Hall–Kier alpha value is -0.570. The number of likely N-dealkylation sites (tertiary alicyclic amines) is 1. The van der Waals surface area contributed by atoms with Crippen LogP contribution in [-0.4, -0.2) is 74.0 Å². The van der Waals surface area contributed by atoms with E-state index < -0.39 is 0 Å². The molecule has 1 amide bonds. The highest BCUT2D eigenvalue weighted by atomic mass is 127. The van der Waals surface area contributed by atoms with Crippen LogP contribution < -0.4 is 10.6 Å². The van der Waals surface area contributed by atoms with Gasteiger partial charge < -0.3 is 20.4 Å². The first kappa shape index (κ1) is 23.5. The number of aliphatic imine (C=N–C) groups is 1. The van der Waals surface area contributed by atoms with E-state index in [2.05, 4.69) is 34.4 Å². The van der Waals surface area contributed by atoms with Gasteiger partial charge >= 0.3 is 0 Å². The molecule has 1 saturated heterocycles. The third kappa shape index (κ3) is 7.58. The van der Waals surface area contributed by atoms with Gasteiger partial charge in [0, 0.05) is 32.7 Å². The fraction of sp³-hybridized carbons (Fsp3) is 0.895. The summed E-state index contributed by atoms with van der Waals surface area (Å²) < 4.78 is 0. The van der Waals surface area contributed by atoms with Crippen LogP contribution in [0.15, 0.2) is 4.99 Å². The Morgan fingerprint density at radius 2 is 1.73 bits per heavy atom. The minimum Gasteiger partial charge on any atom is -0.357 e. The van der Waals surface area contributed by atoms with E-state index in [0.29, 0.717) is 6.04 Å². The number of carbonyl (C=O) groups excluding carboxylic acids is 1. The number of amides is 1. The lowest BCUT2D eigenvalue weighted by Crippen LogP contribution is -2.49. The Bertz CT molecular complexity index is 441. The molecule has 0 atom stereocenters. The lowest BCUT2D eigenvalue weighted by Gasteiger charge is -2.40. The summed E-state index contributed by atoms with van der Waals surface area (Å²) in [6.45, 7) is 7.99. The predicted octanol–water partition coefficient (Wildman–Crippen LogP) is 2.29. The van der Waals surface area contributed by atoms with Crippen molar-refractivity contribution in [2.75, 3.05) is 40.3 Å². The second-order valence-corrected chi connectivity index (χ2v) is 7.85. The molecule has 0 unspecified atom stereocenters. The maximum atomic E-state index is 11.7. The van der Waals surface area contributed by atoms with Gasteiger partial charge in [-0.05, 0) is 64.5 Å². The van der Waals surface area contributed by atoms with Crippen molar-refractivity contribution in [2.45, 2.75) is 64.5 Å². The standard InChI is InChI=1S/C19H37N5O.HI/c1-5-20-19(21-14-18(25)23(3)4)22-16-6-8-17(9-7-16)24-12-10-15(2)11-13-24;/h15-17H,5-14H2,1-4H3,(H2,20,21,22);1H. The number of hydrogen-bond donors (Lipinski definition) is 2. The number of guanidine groups is 1. The summed E-state index contributed by atoms with van der Waals surface area (Å²) in [4.78, 5) is 20.5. The molecule has 1 saturated carbocycles. The van der Waals surface area contributed by atoms with Gasteiger partial charge in [-0.3, -0.25) is 4.79 Å². The van der Waals surface area contributed by atoms with Gasteiger partial charge in [0.2, 0.25) is 5.91 Å². The summed E-state index contributed by atoms with van der Waals surface area (Å²) in [5, 5.41) is 6.79. The van der Waals surface area contributed by atoms with Crippen molar-refractivity contribution in [3.05, 3.63) is 0 Å². The Labute approximate surface area is 176 Å². The maximum Gasteiger partial charge on any atom is 0.243 e. The number of carbonyl (C=O) groups is 1. The molecule has 0 bridgehead atoms. The molecule has 1 heterocycles. The molecule has 0 radical (unpaired) electrons. The van der Waals surface area contributed by atoms with Crippen LogP contribution in [0.3, 0.4) is 0 Å². The normalized spacial score (nSPS) is 25.3. The minimum absolute atomic E-state index is 0. The van der Waals surface area contributed by atoms with Crippen molar-refractivity contribution >= 4 is 35.8 Å². The summed E-state index contributed by atoms with van der Waals surface area (Å²) in [7, 11) is 3.53. The van der Waals surface area contributed by atoms with E-state index in [4.69, 9.17) is 0 Å². The topological polar surface area (TPSA) is 60.0 Å². The molecule has 0 aromatic carbocycles. The molecule has 2 N–H and O–H groups in total. The van der Waals surface area contributed by atoms with Crippen LogP contribution in [-0.2, 0) is 4.79 Å². The highest BCUT2D eigenvalue weighted by Crippen LogP contribution is 2.27. The van der Waals surface area contributed by atoms with Crippen LogP contribution in [0.2, 0.25) is 0 Å². The van der Waals surface area contributed by atoms with Gasteiger partial charge in [0.05, 0.1) is 0 Å². The quantitative estimate of drug-likeness (QED) is 0.361. The fourth-order valence-electron chi connectivity index (χ4n) is 3.78. The summed E-state index contributed by atoms with van der Waals surface area (Å²) in [5.41, 5.74) is 0. The maximum absolute atomic E-state index is 11.7. The average molecular weight is 479 g/mol. The number of nitrogens with one attached hydrogen (secondary N) is 2. The third-order valence-corrected chi connectivity index (χ3v) is 5.59. The van der Waals surface area contributed by atoms with E-state index in [1.807, 2.05) is 0 Å². The lowest BCUT2D eigenvalue weighted by molar-refractivity contribution is -0.127. The van der Waals surface area contributed by atoms with Gasteiger partial charge in [0.25, 0.3) is 0 Å². The lowest BCUT2D eigenvalue weighted by atomic mass is 9.88. The number of hydrogen-bond acceptors (Lipinski definition) is 3. The van der Waals surface area contributed by atoms with Gasteiger partial charge in [-0.2, -0.15) is 0 Å². The molecule has 2 rings (SSSR count). The molecule has 0 aromatic heterocycles. The summed E-state index contributed by atoms with van der Waals surface area (Å²) >= 11 is 0. The van der Waals surface area contributed by atoms with Crippen LogP contribution in [0.25, 0.3) is 0 Å². The molecular weight excluding hydrogens is 441 g/mol. The zero-order valence-corrected chi connectivity index (χ0v) is 19.3. The van der Waals surface area contributed by atoms with Crippen molar-refractivity contribution in [1.82, 2.24) is 20.4 Å². The van der Waals surface area contributed by atoms with Gasteiger partial charge in [0.1, 0.15) is 6.54 Å². The van der Waals surface area contributed by atoms with Crippen LogP contribution in [0, 0.1) is 5.92 Å². The SMILES string of the molecule is CCNC(=NCC(=O)N(C)C)NC1CCC(N2CCC(C)CC2)CC1.I. The molecule has 1 aliphatic carbocycles. The zero-order valence-electron chi connectivity index (χ0n) is 17.0. The smallest absolute Gasteiger partial charge is 0.243 e. The van der Waals surface area contributed by atoms with Crippen LogP contribution in [0.4, 0.5) is 0 Å². The van der Waals surface area contributed by atoms with Crippen LogP contribution in [0.5, 0.6) is 0 Å². The van der Waals surface area contributed by atoms with E-state index >= 15 is 0 Å². The van der Waals surface area contributed by atoms with E-state index in [1.54, 1.807) is 19.0 Å². The molecule has 2 aliphatic rings. The third-order valence-electron chi connectivity index (χ3n) is 5.59. The molecule has 0 aromatic rings.